The second-order valence-electron chi connectivity index (χ2n) is 7.88. The fourth-order valence-corrected chi connectivity index (χ4v) is 4.73. The molecule has 3 heterocycles. The smallest absolute Gasteiger partial charge is 0.267 e. The van der Waals surface area contributed by atoms with E-state index in [1.807, 2.05) is 6.92 Å². The Kier molecular flexibility index (Phi) is 4.87. The van der Waals surface area contributed by atoms with E-state index in [4.69, 9.17) is 0 Å². The summed E-state index contributed by atoms with van der Waals surface area (Å²) in [5, 5.41) is 13.8. The second kappa shape index (κ2) is 7.20. The van der Waals surface area contributed by atoms with Crippen LogP contribution in [0.25, 0.3) is 10.9 Å². The first-order valence-electron chi connectivity index (χ1n) is 10.0. The number of nitrogens with one attached hydrogen (secondary N) is 1. The molecule has 2 aliphatic rings. The molecular weight excluding hydrogens is 361 g/mol. The van der Waals surface area contributed by atoms with Crippen LogP contribution in [0.2, 0.25) is 0 Å². The third-order valence-electron chi connectivity index (χ3n) is 6.22. The number of hydrogen-bond acceptors (Lipinski definition) is 4. The molecule has 1 aromatic heterocycles. The van der Waals surface area contributed by atoms with Crippen molar-refractivity contribution in [2.45, 2.75) is 51.6 Å². The van der Waals surface area contributed by atoms with Crippen LogP contribution in [-0.4, -0.2) is 46.2 Å². The molecule has 7 heteroatoms. The summed E-state index contributed by atoms with van der Waals surface area (Å²) in [6.07, 6.45) is 3.40. The van der Waals surface area contributed by atoms with Gasteiger partial charge in [0, 0.05) is 24.0 Å². The zero-order valence-corrected chi connectivity index (χ0v) is 16.3. The summed E-state index contributed by atoms with van der Waals surface area (Å²) in [5.74, 6) is -1.50. The number of hydrogen-bond donors (Lipinski definition) is 2. The molecule has 2 aliphatic heterocycles. The second-order valence-corrected chi connectivity index (χ2v) is 7.88. The number of carbonyl (C=O) groups is 1. The van der Waals surface area contributed by atoms with Crippen LogP contribution in [0.5, 0.6) is 5.75 Å². The van der Waals surface area contributed by atoms with Crippen LogP contribution >= 0.6 is 0 Å². The van der Waals surface area contributed by atoms with Crippen molar-refractivity contribution in [2.24, 2.45) is 0 Å². The van der Waals surface area contributed by atoms with Gasteiger partial charge in [-0.3, -0.25) is 14.5 Å². The number of aryl methyl sites for hydroxylation is 1. The van der Waals surface area contributed by atoms with E-state index in [1.54, 1.807) is 0 Å². The number of benzene rings is 1. The Morgan fingerprint density at radius 2 is 2.14 bits per heavy atom. The Labute approximate surface area is 163 Å². The molecule has 6 nitrogen and oxygen atoms in total. The summed E-state index contributed by atoms with van der Waals surface area (Å²) in [6.45, 7) is 6.33. The molecule has 0 bridgehead atoms. The van der Waals surface area contributed by atoms with Gasteiger partial charge in [0.05, 0.1) is 5.52 Å². The predicted molar refractivity (Wildman–Crippen MR) is 105 cm³/mol. The molecule has 0 aliphatic carbocycles. The fraction of sp³-hybridized carbons (Fsp3) is 0.524. The van der Waals surface area contributed by atoms with E-state index >= 15 is 0 Å². The Morgan fingerprint density at radius 1 is 1.36 bits per heavy atom. The maximum Gasteiger partial charge on any atom is 0.267 e. The first-order valence-corrected chi connectivity index (χ1v) is 10.0. The zero-order valence-electron chi connectivity index (χ0n) is 16.3. The first kappa shape index (κ1) is 18.9. The number of nitrogens with zero attached hydrogens (tertiary/aromatic N) is 2. The molecule has 0 unspecified atom stereocenters. The molecule has 28 heavy (non-hydrogen) atoms. The minimum Gasteiger partial charge on any atom is -0.506 e. The van der Waals surface area contributed by atoms with E-state index in [-0.39, 0.29) is 23.0 Å². The quantitative estimate of drug-likeness (QED) is 0.846. The average Bonchev–Trinajstić information content (AvgIpc) is 3.12. The van der Waals surface area contributed by atoms with Crippen LogP contribution in [0.1, 0.15) is 55.1 Å². The SMILES string of the molecule is CCN1CCC[C@@H]1CNC(=O)c1c(O)c2cc(F)cc3c2n(c1=O)[C@H](C)CC3. The topological polar surface area (TPSA) is 74.6 Å². The summed E-state index contributed by atoms with van der Waals surface area (Å²) in [4.78, 5) is 28.3. The molecule has 1 saturated heterocycles. The standard InChI is InChI=1S/C21H26FN3O3/c1-3-24-8-4-5-15(24)11-23-20(27)17-19(26)16-10-14(22)9-13-7-6-12(2)25(18(13)16)21(17)28/h9-10,12,15,26H,3-8,11H2,1-2H3,(H,23,27)/t12-,15-/m1/s1. The van der Waals surface area contributed by atoms with Crippen LogP contribution in [0.3, 0.4) is 0 Å². The van der Waals surface area contributed by atoms with Gasteiger partial charge in [-0.1, -0.05) is 6.92 Å². The van der Waals surface area contributed by atoms with Crippen LogP contribution in [0.4, 0.5) is 4.39 Å². The number of rotatable bonds is 4. The highest BCUT2D eigenvalue weighted by Gasteiger charge is 2.29. The van der Waals surface area contributed by atoms with Crippen molar-refractivity contribution < 1.29 is 14.3 Å². The number of likely N-dealkylation sites (tertiary alicyclic amines) is 1. The lowest BCUT2D eigenvalue weighted by Gasteiger charge is -2.27. The Morgan fingerprint density at radius 3 is 2.89 bits per heavy atom. The van der Waals surface area contributed by atoms with Gasteiger partial charge in [0.1, 0.15) is 17.1 Å². The van der Waals surface area contributed by atoms with Gasteiger partial charge in [-0.15, -0.1) is 0 Å². The number of halogens is 1. The molecular formula is C21H26FN3O3. The molecule has 0 spiro atoms. The minimum absolute atomic E-state index is 0.120. The molecule has 1 aromatic carbocycles. The van der Waals surface area contributed by atoms with Crippen molar-refractivity contribution in [3.8, 4) is 5.75 Å². The van der Waals surface area contributed by atoms with E-state index in [0.29, 0.717) is 30.5 Å². The molecule has 2 atom stereocenters. The average molecular weight is 387 g/mol. The Hall–Kier alpha value is -2.41. The van der Waals surface area contributed by atoms with Gasteiger partial charge in [-0.25, -0.2) is 4.39 Å². The highest BCUT2D eigenvalue weighted by Crippen LogP contribution is 2.35. The first-order chi connectivity index (χ1) is 13.4. The molecule has 150 valence electrons. The van der Waals surface area contributed by atoms with Gasteiger partial charge in [-0.2, -0.15) is 0 Å². The Balaban J connectivity index is 1.75. The van der Waals surface area contributed by atoms with Gasteiger partial charge in [0.15, 0.2) is 0 Å². The van der Waals surface area contributed by atoms with Gasteiger partial charge in [0.25, 0.3) is 11.5 Å². The highest BCUT2D eigenvalue weighted by molar-refractivity contribution is 6.03. The number of aromatic nitrogens is 1. The Bertz CT molecular complexity index is 1000. The van der Waals surface area contributed by atoms with Crippen LogP contribution < -0.4 is 10.9 Å². The molecule has 0 radical (unpaired) electrons. The summed E-state index contributed by atoms with van der Waals surface area (Å²) in [7, 11) is 0. The lowest BCUT2D eigenvalue weighted by molar-refractivity contribution is 0.0936. The van der Waals surface area contributed by atoms with Gasteiger partial charge >= 0.3 is 0 Å². The number of carbonyl (C=O) groups excluding carboxylic acids is 1. The number of likely N-dealkylation sites (N-methyl/N-ethyl adjacent to an activating group) is 1. The van der Waals surface area contributed by atoms with Crippen LogP contribution in [-0.2, 0) is 6.42 Å². The van der Waals surface area contributed by atoms with E-state index in [0.717, 1.165) is 25.9 Å². The number of aromatic hydroxyl groups is 1. The number of amides is 1. The molecule has 1 amide bonds. The van der Waals surface area contributed by atoms with Crippen molar-refractivity contribution in [2.75, 3.05) is 19.6 Å². The van der Waals surface area contributed by atoms with Gasteiger partial charge < -0.3 is 15.0 Å². The lowest BCUT2D eigenvalue weighted by atomic mass is 9.95. The minimum atomic E-state index is -0.598. The summed E-state index contributed by atoms with van der Waals surface area (Å²) >= 11 is 0. The van der Waals surface area contributed by atoms with E-state index < -0.39 is 23.0 Å². The van der Waals surface area contributed by atoms with Crippen LogP contribution in [0.15, 0.2) is 16.9 Å². The summed E-state index contributed by atoms with van der Waals surface area (Å²) < 4.78 is 15.6. The van der Waals surface area contributed by atoms with Gasteiger partial charge in [-0.05, 0) is 63.4 Å². The predicted octanol–water partition coefficient (Wildman–Crippen LogP) is 2.57. The van der Waals surface area contributed by atoms with Gasteiger partial charge in [0.2, 0.25) is 0 Å². The molecule has 4 rings (SSSR count). The summed E-state index contributed by atoms with van der Waals surface area (Å²) in [5.41, 5.74) is 0.421. The van der Waals surface area contributed by atoms with Crippen molar-refractivity contribution >= 4 is 16.8 Å². The molecule has 1 fully saturated rings. The van der Waals surface area contributed by atoms with E-state index in [2.05, 4.69) is 17.1 Å². The van der Waals surface area contributed by atoms with Crippen molar-refractivity contribution in [3.63, 3.8) is 0 Å². The molecule has 2 N–H and O–H groups in total. The van der Waals surface area contributed by atoms with Crippen molar-refractivity contribution in [3.05, 3.63) is 39.4 Å². The highest BCUT2D eigenvalue weighted by atomic mass is 19.1. The fourth-order valence-electron chi connectivity index (χ4n) is 4.73. The maximum absolute atomic E-state index is 14.1. The van der Waals surface area contributed by atoms with Crippen LogP contribution in [0, 0.1) is 5.82 Å². The zero-order chi connectivity index (χ0) is 20.0. The van der Waals surface area contributed by atoms with Crippen molar-refractivity contribution in [1.82, 2.24) is 14.8 Å². The number of pyridine rings is 1. The molecule has 2 aromatic rings. The van der Waals surface area contributed by atoms with E-state index in [1.165, 1.54) is 16.7 Å². The van der Waals surface area contributed by atoms with Crippen molar-refractivity contribution in [1.29, 1.82) is 0 Å². The maximum atomic E-state index is 14.1. The third-order valence-corrected chi connectivity index (χ3v) is 6.22. The normalized spacial score (nSPS) is 22.0. The third kappa shape index (κ3) is 2.98. The van der Waals surface area contributed by atoms with E-state index in [9.17, 15) is 19.1 Å². The summed E-state index contributed by atoms with van der Waals surface area (Å²) in [6, 6.07) is 2.73. The lowest BCUT2D eigenvalue weighted by Crippen LogP contribution is -2.42. The monoisotopic (exact) mass is 387 g/mol. The largest absolute Gasteiger partial charge is 0.506 e. The molecule has 0 saturated carbocycles.